The van der Waals surface area contributed by atoms with Crippen LogP contribution in [0, 0.1) is 0 Å². The number of phosphoric ester groups is 1. The number of nitrogens with zero attached hydrogens (tertiary/aromatic N) is 2. The Balaban J connectivity index is 1.74. The average molecular weight is 331 g/mol. The second kappa shape index (κ2) is 5.75. The molecule has 2 fully saturated rings. The van der Waals surface area contributed by atoms with Crippen LogP contribution in [0.4, 0.5) is 5.82 Å². The van der Waals surface area contributed by atoms with Gasteiger partial charge in [-0.2, -0.15) is 4.98 Å². The number of anilines is 1. The van der Waals surface area contributed by atoms with Gasteiger partial charge in [0.15, 0.2) is 0 Å². The first kappa shape index (κ1) is 15.6. The lowest BCUT2D eigenvalue weighted by molar-refractivity contribution is -0.0748. The number of nitrogen functional groups attached to an aromatic ring is 1. The highest BCUT2D eigenvalue weighted by atomic mass is 31.2. The largest absolute Gasteiger partial charge is 0.475 e. The van der Waals surface area contributed by atoms with Gasteiger partial charge < -0.3 is 10.5 Å². The lowest BCUT2D eigenvalue weighted by atomic mass is 10.2. The Hall–Kier alpha value is -1.25. The van der Waals surface area contributed by atoms with Crippen molar-refractivity contribution < 1.29 is 22.9 Å². The zero-order valence-corrected chi connectivity index (χ0v) is 13.1. The SMILES string of the molecule is CC(C)OP1(=O)OC[C@H]2O[C@@H](n3ccc(N)nc3=O)CC2O1. The third kappa shape index (κ3) is 3.09. The summed E-state index contributed by atoms with van der Waals surface area (Å²) < 4.78 is 35.2. The normalized spacial score (nSPS) is 34.8. The maximum atomic E-state index is 12.3. The molecule has 1 aromatic heterocycles. The highest BCUT2D eigenvalue weighted by Gasteiger charge is 2.48. The molecule has 9 nitrogen and oxygen atoms in total. The van der Waals surface area contributed by atoms with E-state index in [1.54, 1.807) is 13.8 Å². The maximum Gasteiger partial charge on any atom is 0.475 e. The summed E-state index contributed by atoms with van der Waals surface area (Å²) in [6.07, 6.45) is 0.136. The van der Waals surface area contributed by atoms with Gasteiger partial charge in [-0.25, -0.2) is 9.36 Å². The van der Waals surface area contributed by atoms with Gasteiger partial charge in [-0.1, -0.05) is 0 Å². The van der Waals surface area contributed by atoms with Gasteiger partial charge in [0.1, 0.15) is 24.3 Å². The van der Waals surface area contributed by atoms with Crippen molar-refractivity contribution in [2.45, 2.75) is 44.8 Å². The fraction of sp³-hybridized carbons (Fsp3) is 0.667. The molecule has 3 rings (SSSR count). The zero-order chi connectivity index (χ0) is 15.9. The Kier molecular flexibility index (Phi) is 4.09. The number of hydrogen-bond acceptors (Lipinski definition) is 8. The fourth-order valence-electron chi connectivity index (χ4n) is 2.45. The Morgan fingerprint density at radius 2 is 2.27 bits per heavy atom. The first-order valence-corrected chi connectivity index (χ1v) is 8.44. The van der Waals surface area contributed by atoms with Gasteiger partial charge in [-0.05, 0) is 19.9 Å². The monoisotopic (exact) mass is 331 g/mol. The van der Waals surface area contributed by atoms with E-state index in [2.05, 4.69) is 4.98 Å². The van der Waals surface area contributed by atoms with Crippen molar-refractivity contribution in [2.24, 2.45) is 0 Å². The summed E-state index contributed by atoms with van der Waals surface area (Å²) in [4.78, 5) is 15.5. The van der Waals surface area contributed by atoms with Gasteiger partial charge >= 0.3 is 13.5 Å². The molecule has 0 aromatic carbocycles. The predicted molar refractivity (Wildman–Crippen MR) is 76.1 cm³/mol. The van der Waals surface area contributed by atoms with Gasteiger partial charge in [-0.15, -0.1) is 0 Å². The molecule has 2 aliphatic rings. The number of aromatic nitrogens is 2. The molecule has 122 valence electrons. The van der Waals surface area contributed by atoms with Crippen molar-refractivity contribution >= 4 is 13.6 Å². The molecular weight excluding hydrogens is 313 g/mol. The lowest BCUT2D eigenvalue weighted by Gasteiger charge is -2.30. The number of rotatable bonds is 3. The summed E-state index contributed by atoms with van der Waals surface area (Å²) >= 11 is 0. The third-order valence-corrected chi connectivity index (χ3v) is 5.02. The maximum absolute atomic E-state index is 12.3. The number of nitrogens with two attached hydrogens (primary N) is 1. The molecule has 3 heterocycles. The van der Waals surface area contributed by atoms with E-state index in [4.69, 9.17) is 24.0 Å². The van der Waals surface area contributed by atoms with Crippen LogP contribution in [0.3, 0.4) is 0 Å². The smallest absolute Gasteiger partial charge is 0.383 e. The molecule has 2 N–H and O–H groups in total. The van der Waals surface area contributed by atoms with Crippen LogP contribution in [0.15, 0.2) is 17.1 Å². The van der Waals surface area contributed by atoms with Crippen LogP contribution < -0.4 is 11.4 Å². The third-order valence-electron chi connectivity index (χ3n) is 3.34. The molecule has 0 spiro atoms. The molecule has 22 heavy (non-hydrogen) atoms. The summed E-state index contributed by atoms with van der Waals surface area (Å²) in [5.74, 6) is 0.145. The van der Waals surface area contributed by atoms with Gasteiger partial charge in [0.2, 0.25) is 0 Å². The Labute approximate surface area is 126 Å². The van der Waals surface area contributed by atoms with Crippen molar-refractivity contribution in [2.75, 3.05) is 12.3 Å². The van der Waals surface area contributed by atoms with E-state index >= 15 is 0 Å². The van der Waals surface area contributed by atoms with Crippen LogP contribution in [0.25, 0.3) is 0 Å². The number of ether oxygens (including phenoxy) is 1. The number of phosphoric acid groups is 1. The van der Waals surface area contributed by atoms with Crippen molar-refractivity contribution in [1.82, 2.24) is 9.55 Å². The minimum Gasteiger partial charge on any atom is -0.383 e. The van der Waals surface area contributed by atoms with Crippen LogP contribution in [-0.4, -0.2) is 34.5 Å². The summed E-state index contributed by atoms with van der Waals surface area (Å²) in [7, 11) is -3.58. The molecule has 4 atom stereocenters. The van der Waals surface area contributed by atoms with E-state index < -0.39 is 31.9 Å². The van der Waals surface area contributed by atoms with Crippen LogP contribution in [-0.2, 0) is 22.9 Å². The first-order valence-electron chi connectivity index (χ1n) is 6.98. The molecule has 2 aliphatic heterocycles. The molecule has 1 aromatic rings. The minimum absolute atomic E-state index is 0.0856. The second-order valence-electron chi connectivity index (χ2n) is 5.45. The molecule has 0 saturated carbocycles. The van der Waals surface area contributed by atoms with E-state index in [0.29, 0.717) is 6.42 Å². The molecule has 2 saturated heterocycles. The van der Waals surface area contributed by atoms with E-state index in [-0.39, 0.29) is 18.5 Å². The van der Waals surface area contributed by atoms with Crippen LogP contribution in [0.5, 0.6) is 0 Å². The number of fused-ring (bicyclic) bond motifs is 1. The van der Waals surface area contributed by atoms with E-state index in [1.807, 2.05) is 0 Å². The standard InChI is InChI=1S/C12H18N3O6P/c1-7(2)20-22(17)18-6-9-8(21-22)5-11(19-9)15-4-3-10(13)14-12(15)16/h3-4,7-9,11H,5-6H2,1-2H3,(H2,13,14,16)/t8?,9-,11-,22?/m1/s1. The van der Waals surface area contributed by atoms with Gasteiger partial charge in [0.05, 0.1) is 12.7 Å². The number of hydrogen-bond donors (Lipinski definition) is 1. The quantitative estimate of drug-likeness (QED) is 0.818. The highest BCUT2D eigenvalue weighted by molar-refractivity contribution is 7.48. The predicted octanol–water partition coefficient (Wildman–Crippen LogP) is 1.06. The van der Waals surface area contributed by atoms with Crippen molar-refractivity contribution in [3.63, 3.8) is 0 Å². The molecule has 0 bridgehead atoms. The Morgan fingerprint density at radius 3 is 2.95 bits per heavy atom. The Bertz CT molecular complexity index is 663. The van der Waals surface area contributed by atoms with Crippen molar-refractivity contribution in [3.05, 3.63) is 22.7 Å². The molecular formula is C12H18N3O6P. The van der Waals surface area contributed by atoms with Crippen LogP contribution in [0.2, 0.25) is 0 Å². The molecule has 0 radical (unpaired) electrons. The fourth-order valence-corrected chi connectivity index (χ4v) is 4.02. The summed E-state index contributed by atoms with van der Waals surface area (Å²) in [5, 5.41) is 0. The lowest BCUT2D eigenvalue weighted by Crippen LogP contribution is -2.33. The van der Waals surface area contributed by atoms with E-state index in [9.17, 15) is 9.36 Å². The minimum atomic E-state index is -3.58. The summed E-state index contributed by atoms with van der Waals surface area (Å²) in [5.41, 5.74) is 4.95. The summed E-state index contributed by atoms with van der Waals surface area (Å²) in [6, 6.07) is 1.51. The topological polar surface area (TPSA) is 115 Å². The van der Waals surface area contributed by atoms with E-state index in [1.165, 1.54) is 16.8 Å². The van der Waals surface area contributed by atoms with Crippen molar-refractivity contribution in [3.8, 4) is 0 Å². The van der Waals surface area contributed by atoms with E-state index in [0.717, 1.165) is 0 Å². The van der Waals surface area contributed by atoms with Crippen molar-refractivity contribution in [1.29, 1.82) is 0 Å². The summed E-state index contributed by atoms with van der Waals surface area (Å²) in [6.45, 7) is 3.57. The second-order valence-corrected chi connectivity index (χ2v) is 7.02. The highest BCUT2D eigenvalue weighted by Crippen LogP contribution is 2.57. The van der Waals surface area contributed by atoms with Gasteiger partial charge in [-0.3, -0.25) is 18.1 Å². The molecule has 2 unspecified atom stereocenters. The Morgan fingerprint density at radius 1 is 1.50 bits per heavy atom. The van der Waals surface area contributed by atoms with Crippen LogP contribution in [0.1, 0.15) is 26.5 Å². The molecule has 0 amide bonds. The first-order chi connectivity index (χ1) is 10.4. The average Bonchev–Trinajstić information content (AvgIpc) is 2.79. The zero-order valence-electron chi connectivity index (χ0n) is 12.2. The van der Waals surface area contributed by atoms with Crippen LogP contribution >= 0.6 is 7.82 Å². The molecule has 10 heteroatoms. The van der Waals surface area contributed by atoms with Gasteiger partial charge in [0, 0.05) is 12.6 Å². The molecule has 0 aliphatic carbocycles. The van der Waals surface area contributed by atoms with Gasteiger partial charge in [0.25, 0.3) is 0 Å².